The average molecular weight is 201 g/mol. The van der Waals surface area contributed by atoms with Crippen LogP contribution in [-0.2, 0) is 9.47 Å². The van der Waals surface area contributed by atoms with Crippen LogP contribution < -0.4 is 5.32 Å². The summed E-state index contributed by atoms with van der Waals surface area (Å²) in [5, 5.41) is 3.20. The molecule has 0 amide bonds. The van der Waals surface area contributed by atoms with Crippen LogP contribution in [0.2, 0.25) is 0 Å². The predicted octanol–water partition coefficient (Wildman–Crippen LogP) is 1.59. The molecule has 0 radical (unpaired) electrons. The van der Waals surface area contributed by atoms with Crippen LogP contribution in [0.4, 0.5) is 0 Å². The third-order valence-corrected chi connectivity index (χ3v) is 1.66. The number of hydrogen-bond acceptors (Lipinski definition) is 3. The van der Waals surface area contributed by atoms with E-state index in [4.69, 9.17) is 9.47 Å². The molecule has 14 heavy (non-hydrogen) atoms. The lowest BCUT2D eigenvalue weighted by molar-refractivity contribution is -0.00583. The van der Waals surface area contributed by atoms with E-state index >= 15 is 0 Å². The van der Waals surface area contributed by atoms with E-state index in [0.29, 0.717) is 13.2 Å². The Bertz CT molecular complexity index is 137. The maximum absolute atomic E-state index is 5.52. The second-order valence-electron chi connectivity index (χ2n) is 3.55. The van der Waals surface area contributed by atoms with Gasteiger partial charge >= 0.3 is 0 Å². The minimum absolute atomic E-state index is 0.228. The highest BCUT2D eigenvalue weighted by Crippen LogP contribution is 1.91. The molecule has 3 heteroatoms. The number of rotatable bonds is 9. The third-order valence-electron chi connectivity index (χ3n) is 1.66. The normalized spacial score (nSPS) is 13.1. The lowest BCUT2D eigenvalue weighted by atomic mass is 10.4. The molecule has 0 aliphatic carbocycles. The summed E-state index contributed by atoms with van der Waals surface area (Å²) in [6, 6.07) is 0. The molecule has 0 fully saturated rings. The van der Waals surface area contributed by atoms with Gasteiger partial charge in [0, 0.05) is 13.1 Å². The highest BCUT2D eigenvalue weighted by molar-refractivity contribution is 4.70. The molecule has 0 aliphatic rings. The fourth-order valence-corrected chi connectivity index (χ4v) is 0.981. The van der Waals surface area contributed by atoms with E-state index in [2.05, 4.69) is 11.9 Å². The van der Waals surface area contributed by atoms with Crippen LogP contribution in [0.15, 0.2) is 12.7 Å². The molecule has 0 bridgehead atoms. The fourth-order valence-electron chi connectivity index (χ4n) is 0.981. The van der Waals surface area contributed by atoms with Gasteiger partial charge in [-0.05, 0) is 20.8 Å². The maximum Gasteiger partial charge on any atom is 0.0704 e. The monoisotopic (exact) mass is 201 g/mol. The average Bonchev–Trinajstić information content (AvgIpc) is 2.13. The molecule has 1 atom stereocenters. The highest BCUT2D eigenvalue weighted by atomic mass is 16.5. The van der Waals surface area contributed by atoms with Gasteiger partial charge in [-0.1, -0.05) is 6.08 Å². The Morgan fingerprint density at radius 2 is 1.86 bits per heavy atom. The Morgan fingerprint density at radius 1 is 1.21 bits per heavy atom. The largest absolute Gasteiger partial charge is 0.376 e. The van der Waals surface area contributed by atoms with Crippen molar-refractivity contribution in [1.82, 2.24) is 5.32 Å². The van der Waals surface area contributed by atoms with Gasteiger partial charge in [0.15, 0.2) is 0 Å². The molecule has 0 aromatic rings. The molecule has 0 spiro atoms. The standard InChI is InChI=1S/C11H23NO2/c1-5-6-12-9-11(4)14-8-7-13-10(2)3/h5,10-12H,1,6-9H2,2-4H3. The molecule has 1 N–H and O–H groups in total. The van der Waals surface area contributed by atoms with Crippen molar-refractivity contribution in [3.63, 3.8) is 0 Å². The Balaban J connectivity index is 3.17. The fraction of sp³-hybridized carbons (Fsp3) is 0.818. The first-order valence-corrected chi connectivity index (χ1v) is 5.21. The van der Waals surface area contributed by atoms with Crippen molar-refractivity contribution in [2.75, 3.05) is 26.3 Å². The second-order valence-corrected chi connectivity index (χ2v) is 3.55. The first-order valence-electron chi connectivity index (χ1n) is 5.21. The van der Waals surface area contributed by atoms with E-state index in [9.17, 15) is 0 Å². The van der Waals surface area contributed by atoms with Crippen LogP contribution >= 0.6 is 0 Å². The van der Waals surface area contributed by atoms with E-state index in [-0.39, 0.29) is 12.2 Å². The topological polar surface area (TPSA) is 30.5 Å². The first-order chi connectivity index (χ1) is 6.66. The number of hydrogen-bond donors (Lipinski definition) is 1. The minimum Gasteiger partial charge on any atom is -0.376 e. The van der Waals surface area contributed by atoms with Crippen molar-refractivity contribution >= 4 is 0 Å². The van der Waals surface area contributed by atoms with Crippen LogP contribution in [-0.4, -0.2) is 38.5 Å². The highest BCUT2D eigenvalue weighted by Gasteiger charge is 2.00. The van der Waals surface area contributed by atoms with Crippen LogP contribution in [0, 0.1) is 0 Å². The Labute approximate surface area is 87.5 Å². The van der Waals surface area contributed by atoms with Crippen molar-refractivity contribution in [2.45, 2.75) is 33.0 Å². The summed E-state index contributed by atoms with van der Waals surface area (Å²) in [5.74, 6) is 0. The van der Waals surface area contributed by atoms with E-state index < -0.39 is 0 Å². The van der Waals surface area contributed by atoms with Crippen LogP contribution in [0.3, 0.4) is 0 Å². The van der Waals surface area contributed by atoms with E-state index in [0.717, 1.165) is 13.1 Å². The summed E-state index contributed by atoms with van der Waals surface area (Å²) in [6.45, 7) is 12.7. The summed E-state index contributed by atoms with van der Waals surface area (Å²) >= 11 is 0. The summed E-state index contributed by atoms with van der Waals surface area (Å²) < 4.78 is 10.9. The van der Waals surface area contributed by atoms with Crippen molar-refractivity contribution < 1.29 is 9.47 Å². The van der Waals surface area contributed by atoms with Gasteiger partial charge in [-0.15, -0.1) is 6.58 Å². The Morgan fingerprint density at radius 3 is 2.43 bits per heavy atom. The predicted molar refractivity (Wildman–Crippen MR) is 59.6 cm³/mol. The lowest BCUT2D eigenvalue weighted by Crippen LogP contribution is -2.28. The van der Waals surface area contributed by atoms with E-state index in [1.165, 1.54) is 0 Å². The van der Waals surface area contributed by atoms with Gasteiger partial charge in [0.1, 0.15) is 0 Å². The van der Waals surface area contributed by atoms with Gasteiger partial charge in [0.25, 0.3) is 0 Å². The van der Waals surface area contributed by atoms with Crippen LogP contribution in [0.5, 0.6) is 0 Å². The van der Waals surface area contributed by atoms with Crippen molar-refractivity contribution in [3.05, 3.63) is 12.7 Å². The smallest absolute Gasteiger partial charge is 0.0704 e. The number of ether oxygens (including phenoxy) is 2. The molecular formula is C11H23NO2. The molecule has 0 aliphatic heterocycles. The van der Waals surface area contributed by atoms with Gasteiger partial charge in [0.2, 0.25) is 0 Å². The molecule has 0 saturated heterocycles. The first kappa shape index (κ1) is 13.6. The quantitative estimate of drug-likeness (QED) is 0.454. The third kappa shape index (κ3) is 9.71. The van der Waals surface area contributed by atoms with Crippen molar-refractivity contribution in [1.29, 1.82) is 0 Å². The lowest BCUT2D eigenvalue weighted by Gasteiger charge is -2.14. The van der Waals surface area contributed by atoms with Gasteiger partial charge in [-0.3, -0.25) is 0 Å². The van der Waals surface area contributed by atoms with Crippen LogP contribution in [0.1, 0.15) is 20.8 Å². The molecule has 0 saturated carbocycles. The van der Waals surface area contributed by atoms with Gasteiger partial charge < -0.3 is 14.8 Å². The zero-order valence-corrected chi connectivity index (χ0v) is 9.58. The van der Waals surface area contributed by atoms with Gasteiger partial charge in [0.05, 0.1) is 25.4 Å². The maximum atomic E-state index is 5.52. The Hall–Kier alpha value is -0.380. The Kier molecular flexibility index (Phi) is 8.94. The molecular weight excluding hydrogens is 178 g/mol. The van der Waals surface area contributed by atoms with Crippen LogP contribution in [0.25, 0.3) is 0 Å². The summed E-state index contributed by atoms with van der Waals surface area (Å²) in [7, 11) is 0. The summed E-state index contributed by atoms with van der Waals surface area (Å²) in [6.07, 6.45) is 2.35. The second kappa shape index (κ2) is 9.19. The zero-order chi connectivity index (χ0) is 10.8. The molecule has 3 nitrogen and oxygen atoms in total. The van der Waals surface area contributed by atoms with Crippen molar-refractivity contribution in [2.24, 2.45) is 0 Å². The number of nitrogens with one attached hydrogen (secondary N) is 1. The molecule has 0 aromatic carbocycles. The molecule has 1 unspecified atom stereocenters. The summed E-state index contributed by atoms with van der Waals surface area (Å²) in [5.41, 5.74) is 0. The molecule has 84 valence electrons. The van der Waals surface area contributed by atoms with E-state index in [1.54, 1.807) is 0 Å². The van der Waals surface area contributed by atoms with Crippen molar-refractivity contribution in [3.8, 4) is 0 Å². The molecule has 0 heterocycles. The van der Waals surface area contributed by atoms with Gasteiger partial charge in [-0.2, -0.15) is 0 Å². The van der Waals surface area contributed by atoms with E-state index in [1.807, 2.05) is 26.8 Å². The molecule has 0 aromatic heterocycles. The zero-order valence-electron chi connectivity index (χ0n) is 9.58. The molecule has 0 rings (SSSR count). The summed E-state index contributed by atoms with van der Waals surface area (Å²) in [4.78, 5) is 0. The van der Waals surface area contributed by atoms with Gasteiger partial charge in [-0.25, -0.2) is 0 Å². The SMILES string of the molecule is C=CCNCC(C)OCCOC(C)C. The minimum atomic E-state index is 0.228.